The van der Waals surface area contributed by atoms with Crippen LogP contribution in [0.25, 0.3) is 0 Å². The van der Waals surface area contributed by atoms with Gasteiger partial charge in [0.15, 0.2) is 0 Å². The Bertz CT molecular complexity index is 564. The Morgan fingerprint density at radius 2 is 2.13 bits per heavy atom. The molecule has 1 aliphatic rings. The first-order valence-electron chi connectivity index (χ1n) is 8.88. The molecule has 0 aliphatic heterocycles. The highest BCUT2D eigenvalue weighted by atomic mass is 32.1. The Morgan fingerprint density at radius 1 is 1.22 bits per heavy atom. The van der Waals surface area contributed by atoms with Gasteiger partial charge in [-0.1, -0.05) is 18.9 Å². The summed E-state index contributed by atoms with van der Waals surface area (Å²) in [5.41, 5.74) is 1.34. The molecule has 3 nitrogen and oxygen atoms in total. The van der Waals surface area contributed by atoms with Gasteiger partial charge in [-0.2, -0.15) is 0 Å². The van der Waals surface area contributed by atoms with Gasteiger partial charge in [-0.25, -0.2) is 0 Å². The number of aromatic nitrogens is 1. The lowest BCUT2D eigenvalue weighted by atomic mass is 9.83. The van der Waals surface area contributed by atoms with Crippen molar-refractivity contribution in [3.8, 4) is 0 Å². The Morgan fingerprint density at radius 3 is 2.96 bits per heavy atom. The Kier molecular flexibility index (Phi) is 6.31. The van der Waals surface area contributed by atoms with Gasteiger partial charge in [0, 0.05) is 23.3 Å². The molecular formula is C19H28N2OS. The predicted octanol–water partition coefficient (Wildman–Crippen LogP) is 4.02. The van der Waals surface area contributed by atoms with E-state index in [0.717, 1.165) is 38.9 Å². The molecule has 0 amide bonds. The second-order valence-electron chi connectivity index (χ2n) is 6.64. The van der Waals surface area contributed by atoms with Gasteiger partial charge in [-0.05, 0) is 61.7 Å². The summed E-state index contributed by atoms with van der Waals surface area (Å²) in [5.74, 6) is 0.535. The standard InChI is InChI=1S/C19H28N2OS/c22-19-10-2-1-6-16(19)7-3-11-20-14-17-8-4-12-21(17)15-18-9-5-13-23-18/h4-5,8-9,12-13,16,19-20,22H,1-3,6-7,10-11,14-15H2. The third-order valence-corrected chi connectivity index (χ3v) is 5.79. The van der Waals surface area contributed by atoms with Crippen molar-refractivity contribution in [1.82, 2.24) is 9.88 Å². The molecule has 23 heavy (non-hydrogen) atoms. The molecule has 1 fully saturated rings. The van der Waals surface area contributed by atoms with Gasteiger partial charge in [0.1, 0.15) is 0 Å². The van der Waals surface area contributed by atoms with Crippen LogP contribution in [0.4, 0.5) is 0 Å². The molecule has 2 atom stereocenters. The van der Waals surface area contributed by atoms with Gasteiger partial charge in [-0.15, -0.1) is 11.3 Å². The van der Waals surface area contributed by atoms with E-state index in [1.165, 1.54) is 29.8 Å². The maximum atomic E-state index is 10.0. The van der Waals surface area contributed by atoms with E-state index in [4.69, 9.17) is 0 Å². The highest BCUT2D eigenvalue weighted by Gasteiger charge is 2.22. The molecule has 2 N–H and O–H groups in total. The van der Waals surface area contributed by atoms with Crippen molar-refractivity contribution in [3.05, 3.63) is 46.4 Å². The highest BCUT2D eigenvalue weighted by molar-refractivity contribution is 7.09. The maximum Gasteiger partial charge on any atom is 0.0568 e. The molecule has 126 valence electrons. The summed E-state index contributed by atoms with van der Waals surface area (Å²) in [7, 11) is 0. The van der Waals surface area contributed by atoms with Gasteiger partial charge in [0.2, 0.25) is 0 Å². The number of hydrogen-bond donors (Lipinski definition) is 2. The average Bonchev–Trinajstić information content (AvgIpc) is 3.21. The fraction of sp³-hybridized carbons (Fsp3) is 0.579. The van der Waals surface area contributed by atoms with Crippen LogP contribution in [0.5, 0.6) is 0 Å². The van der Waals surface area contributed by atoms with E-state index in [9.17, 15) is 5.11 Å². The summed E-state index contributed by atoms with van der Waals surface area (Å²) < 4.78 is 2.32. The summed E-state index contributed by atoms with van der Waals surface area (Å²) in [6.45, 7) is 2.93. The van der Waals surface area contributed by atoms with E-state index < -0.39 is 0 Å². The molecule has 4 heteroatoms. The van der Waals surface area contributed by atoms with E-state index >= 15 is 0 Å². The smallest absolute Gasteiger partial charge is 0.0568 e. The van der Waals surface area contributed by atoms with Crippen molar-refractivity contribution in [1.29, 1.82) is 0 Å². The monoisotopic (exact) mass is 332 g/mol. The molecule has 0 saturated heterocycles. The number of nitrogens with zero attached hydrogens (tertiary/aromatic N) is 1. The minimum atomic E-state index is -0.0493. The zero-order chi connectivity index (χ0) is 15.9. The number of aliphatic hydroxyl groups excluding tert-OH is 1. The van der Waals surface area contributed by atoms with Crippen LogP contribution in [0.3, 0.4) is 0 Å². The molecule has 1 saturated carbocycles. The fourth-order valence-electron chi connectivity index (χ4n) is 3.57. The molecule has 0 spiro atoms. The van der Waals surface area contributed by atoms with Crippen LogP contribution < -0.4 is 5.32 Å². The summed E-state index contributed by atoms with van der Waals surface area (Å²) >= 11 is 1.81. The molecule has 2 aromatic heterocycles. The molecule has 0 aromatic carbocycles. The topological polar surface area (TPSA) is 37.2 Å². The lowest BCUT2D eigenvalue weighted by molar-refractivity contribution is 0.0643. The third kappa shape index (κ3) is 4.93. The number of thiophene rings is 1. The molecule has 2 unspecified atom stereocenters. The van der Waals surface area contributed by atoms with E-state index in [1.807, 2.05) is 11.3 Å². The first-order chi connectivity index (χ1) is 11.3. The van der Waals surface area contributed by atoms with Crippen molar-refractivity contribution >= 4 is 11.3 Å². The molecule has 1 aliphatic carbocycles. The number of aliphatic hydroxyl groups is 1. The molecule has 3 rings (SSSR count). The number of nitrogens with one attached hydrogen (secondary N) is 1. The quantitative estimate of drug-likeness (QED) is 0.717. The van der Waals surface area contributed by atoms with Crippen LogP contribution in [0.15, 0.2) is 35.8 Å². The van der Waals surface area contributed by atoms with Crippen LogP contribution in [-0.4, -0.2) is 22.3 Å². The van der Waals surface area contributed by atoms with Crippen LogP contribution in [0, 0.1) is 5.92 Å². The summed E-state index contributed by atoms with van der Waals surface area (Å²) in [5, 5.41) is 15.7. The van der Waals surface area contributed by atoms with E-state index in [1.54, 1.807) is 0 Å². The van der Waals surface area contributed by atoms with Crippen LogP contribution >= 0.6 is 11.3 Å². The van der Waals surface area contributed by atoms with Gasteiger partial charge >= 0.3 is 0 Å². The van der Waals surface area contributed by atoms with Crippen LogP contribution in [0.1, 0.15) is 49.1 Å². The summed E-state index contributed by atoms with van der Waals surface area (Å²) in [4.78, 5) is 1.40. The zero-order valence-corrected chi connectivity index (χ0v) is 14.6. The van der Waals surface area contributed by atoms with E-state index in [0.29, 0.717) is 5.92 Å². The van der Waals surface area contributed by atoms with Crippen LogP contribution in [-0.2, 0) is 13.1 Å². The molecule has 2 heterocycles. The normalized spacial score (nSPS) is 21.6. The SMILES string of the molecule is OC1CCCCC1CCCNCc1cccn1Cc1cccs1. The second kappa shape index (κ2) is 8.67. The Hall–Kier alpha value is -1.10. The van der Waals surface area contributed by atoms with Crippen LogP contribution in [0.2, 0.25) is 0 Å². The predicted molar refractivity (Wildman–Crippen MR) is 96.8 cm³/mol. The van der Waals surface area contributed by atoms with Crippen molar-refractivity contribution in [2.24, 2.45) is 5.92 Å². The minimum Gasteiger partial charge on any atom is -0.393 e. The molecule has 0 radical (unpaired) electrons. The van der Waals surface area contributed by atoms with Crippen molar-refractivity contribution in [2.75, 3.05) is 6.54 Å². The second-order valence-corrected chi connectivity index (χ2v) is 7.67. The average molecular weight is 333 g/mol. The molecular weight excluding hydrogens is 304 g/mol. The third-order valence-electron chi connectivity index (χ3n) is 4.93. The fourth-order valence-corrected chi connectivity index (χ4v) is 4.27. The van der Waals surface area contributed by atoms with Crippen molar-refractivity contribution < 1.29 is 5.11 Å². The summed E-state index contributed by atoms with van der Waals surface area (Å²) in [6.07, 6.45) is 9.15. The van der Waals surface area contributed by atoms with E-state index in [-0.39, 0.29) is 6.10 Å². The Balaban J connectivity index is 1.37. The Labute approximate surface area is 143 Å². The number of hydrogen-bond acceptors (Lipinski definition) is 3. The van der Waals surface area contributed by atoms with Crippen molar-refractivity contribution in [3.63, 3.8) is 0 Å². The molecule has 0 bridgehead atoms. The lowest BCUT2D eigenvalue weighted by Crippen LogP contribution is -2.25. The zero-order valence-electron chi connectivity index (χ0n) is 13.8. The van der Waals surface area contributed by atoms with Gasteiger partial charge in [0.05, 0.1) is 12.6 Å². The minimum absolute atomic E-state index is 0.0493. The summed E-state index contributed by atoms with van der Waals surface area (Å²) in [6, 6.07) is 8.63. The number of rotatable bonds is 8. The highest BCUT2D eigenvalue weighted by Crippen LogP contribution is 2.27. The van der Waals surface area contributed by atoms with E-state index in [2.05, 4.69) is 45.7 Å². The largest absolute Gasteiger partial charge is 0.393 e. The first-order valence-corrected chi connectivity index (χ1v) is 9.76. The maximum absolute atomic E-state index is 10.0. The van der Waals surface area contributed by atoms with Gasteiger partial charge in [0.25, 0.3) is 0 Å². The first kappa shape index (κ1) is 16.7. The molecule has 2 aromatic rings. The van der Waals surface area contributed by atoms with Gasteiger partial charge in [-0.3, -0.25) is 0 Å². The lowest BCUT2D eigenvalue weighted by Gasteiger charge is -2.27. The van der Waals surface area contributed by atoms with Crippen molar-refractivity contribution in [2.45, 2.75) is 57.7 Å². The van der Waals surface area contributed by atoms with Gasteiger partial charge < -0.3 is 15.0 Å².